The molecule has 2 aromatic carbocycles. The number of carbonyl (C=O) groups is 1. The molecule has 0 spiro atoms. The van der Waals surface area contributed by atoms with Gasteiger partial charge in [-0.15, -0.1) is 0 Å². The van der Waals surface area contributed by atoms with Crippen LogP contribution in [0.5, 0.6) is 5.75 Å². The number of hydrogen-bond donors (Lipinski definition) is 2. The molecular formula is C18H21N3O4. The van der Waals surface area contributed by atoms with Crippen molar-refractivity contribution < 1.29 is 14.5 Å². The van der Waals surface area contributed by atoms with Crippen LogP contribution in [0.4, 0.5) is 11.4 Å². The summed E-state index contributed by atoms with van der Waals surface area (Å²) in [6.45, 7) is 0.930. The lowest BCUT2D eigenvalue weighted by atomic mass is 10.2. The first kappa shape index (κ1) is 18.4. The van der Waals surface area contributed by atoms with Crippen LogP contribution in [0.3, 0.4) is 0 Å². The van der Waals surface area contributed by atoms with Crippen molar-refractivity contribution in [3.8, 4) is 5.75 Å². The Morgan fingerprint density at radius 2 is 1.76 bits per heavy atom. The largest absolute Gasteiger partial charge is 0.489 e. The molecule has 0 aliphatic heterocycles. The van der Waals surface area contributed by atoms with E-state index in [1.165, 1.54) is 12.1 Å². The van der Waals surface area contributed by atoms with Gasteiger partial charge in [-0.25, -0.2) is 0 Å². The monoisotopic (exact) mass is 343 g/mol. The number of nitrogens with two attached hydrogens (primary N) is 1. The Labute approximate surface area is 145 Å². The third kappa shape index (κ3) is 6.23. The van der Waals surface area contributed by atoms with Crippen LogP contribution in [0.15, 0.2) is 48.5 Å². The van der Waals surface area contributed by atoms with Crippen molar-refractivity contribution in [1.29, 1.82) is 0 Å². The molecule has 0 saturated carbocycles. The number of rotatable bonds is 9. The van der Waals surface area contributed by atoms with Gasteiger partial charge in [-0.05, 0) is 49.2 Å². The molecule has 0 atom stereocenters. The molecule has 0 bridgehead atoms. The molecule has 1 amide bonds. The number of nitro benzene ring substituents is 1. The van der Waals surface area contributed by atoms with E-state index in [2.05, 4.69) is 5.32 Å². The average molecular weight is 343 g/mol. The number of carbonyl (C=O) groups excluding carboxylic acids is 1. The second-order valence-corrected chi connectivity index (χ2v) is 5.53. The molecule has 2 aromatic rings. The standard InChI is InChI=1S/C18H21N3O4/c19-12-2-1-3-18(22)20-15-6-4-14(5-7-15)13-25-17-10-8-16(9-11-17)21(23)24/h4-11H,1-3,12-13,19H2,(H,20,22). The van der Waals surface area contributed by atoms with Gasteiger partial charge in [-0.1, -0.05) is 12.1 Å². The summed E-state index contributed by atoms with van der Waals surface area (Å²) in [5, 5.41) is 13.4. The van der Waals surface area contributed by atoms with Crippen molar-refractivity contribution in [3.63, 3.8) is 0 Å². The smallest absolute Gasteiger partial charge is 0.269 e. The van der Waals surface area contributed by atoms with Crippen LogP contribution in [-0.4, -0.2) is 17.4 Å². The minimum Gasteiger partial charge on any atom is -0.489 e. The van der Waals surface area contributed by atoms with Crippen LogP contribution >= 0.6 is 0 Å². The molecule has 0 aromatic heterocycles. The molecule has 7 heteroatoms. The van der Waals surface area contributed by atoms with Gasteiger partial charge in [0.05, 0.1) is 4.92 Å². The van der Waals surface area contributed by atoms with Crippen LogP contribution in [0.2, 0.25) is 0 Å². The lowest BCUT2D eigenvalue weighted by Gasteiger charge is -2.08. The highest BCUT2D eigenvalue weighted by Crippen LogP contribution is 2.19. The number of non-ortho nitro benzene ring substituents is 1. The van der Waals surface area contributed by atoms with E-state index >= 15 is 0 Å². The van der Waals surface area contributed by atoms with Gasteiger partial charge in [0.25, 0.3) is 5.69 Å². The van der Waals surface area contributed by atoms with Gasteiger partial charge in [0.2, 0.25) is 5.91 Å². The van der Waals surface area contributed by atoms with Crippen molar-refractivity contribution in [3.05, 3.63) is 64.2 Å². The van der Waals surface area contributed by atoms with Crippen molar-refractivity contribution in [2.45, 2.75) is 25.9 Å². The molecule has 2 rings (SSSR count). The molecular weight excluding hydrogens is 322 g/mol. The Balaban J connectivity index is 1.81. The van der Waals surface area contributed by atoms with Crippen LogP contribution < -0.4 is 15.8 Å². The SMILES string of the molecule is NCCCCC(=O)Nc1ccc(COc2ccc([N+](=O)[O-])cc2)cc1. The summed E-state index contributed by atoms with van der Waals surface area (Å²) in [4.78, 5) is 21.9. The lowest BCUT2D eigenvalue weighted by molar-refractivity contribution is -0.384. The molecule has 0 unspecified atom stereocenters. The number of amides is 1. The number of nitrogens with zero attached hydrogens (tertiary/aromatic N) is 1. The predicted octanol–water partition coefficient (Wildman–Crippen LogP) is 3.24. The number of anilines is 1. The van der Waals surface area contributed by atoms with E-state index in [1.54, 1.807) is 12.1 Å². The summed E-state index contributed by atoms with van der Waals surface area (Å²) in [6.07, 6.45) is 2.08. The summed E-state index contributed by atoms with van der Waals surface area (Å²) in [5.74, 6) is 0.534. The van der Waals surface area contributed by atoms with Crippen LogP contribution in [-0.2, 0) is 11.4 Å². The van der Waals surface area contributed by atoms with Gasteiger partial charge in [-0.2, -0.15) is 0 Å². The summed E-state index contributed by atoms with van der Waals surface area (Å²) in [6, 6.07) is 13.3. The Hall–Kier alpha value is -2.93. The van der Waals surface area contributed by atoms with Gasteiger partial charge in [0, 0.05) is 24.2 Å². The fourth-order valence-corrected chi connectivity index (χ4v) is 2.17. The molecule has 7 nitrogen and oxygen atoms in total. The minimum atomic E-state index is -0.452. The molecule has 3 N–H and O–H groups in total. The number of hydrogen-bond acceptors (Lipinski definition) is 5. The van der Waals surface area contributed by atoms with E-state index < -0.39 is 4.92 Å². The van der Waals surface area contributed by atoms with Crippen LogP contribution in [0.1, 0.15) is 24.8 Å². The predicted molar refractivity (Wildman–Crippen MR) is 95.4 cm³/mol. The third-order valence-electron chi connectivity index (χ3n) is 3.55. The average Bonchev–Trinajstić information content (AvgIpc) is 2.62. The first-order chi connectivity index (χ1) is 12.1. The maximum absolute atomic E-state index is 11.7. The minimum absolute atomic E-state index is 0.0247. The lowest BCUT2D eigenvalue weighted by Crippen LogP contribution is -2.12. The highest BCUT2D eigenvalue weighted by Gasteiger charge is 2.05. The van der Waals surface area contributed by atoms with Gasteiger partial charge in [0.15, 0.2) is 0 Å². The second kappa shape index (κ2) is 9.39. The first-order valence-corrected chi connectivity index (χ1v) is 8.04. The number of unbranched alkanes of at least 4 members (excludes halogenated alkanes) is 1. The quantitative estimate of drug-likeness (QED) is 0.413. The van der Waals surface area contributed by atoms with Crippen molar-refractivity contribution in [1.82, 2.24) is 0 Å². The summed E-state index contributed by atoms with van der Waals surface area (Å²) in [5.41, 5.74) is 7.09. The maximum Gasteiger partial charge on any atom is 0.269 e. The normalized spacial score (nSPS) is 10.3. The molecule has 0 radical (unpaired) electrons. The zero-order valence-corrected chi connectivity index (χ0v) is 13.8. The maximum atomic E-state index is 11.7. The number of benzene rings is 2. The fourth-order valence-electron chi connectivity index (χ4n) is 2.17. The zero-order chi connectivity index (χ0) is 18.1. The summed E-state index contributed by atoms with van der Waals surface area (Å²) in [7, 11) is 0. The molecule has 0 aliphatic carbocycles. The number of ether oxygens (including phenoxy) is 1. The highest BCUT2D eigenvalue weighted by molar-refractivity contribution is 5.90. The molecule has 25 heavy (non-hydrogen) atoms. The Morgan fingerprint density at radius 3 is 2.36 bits per heavy atom. The molecule has 0 heterocycles. The van der Waals surface area contributed by atoms with E-state index in [9.17, 15) is 14.9 Å². The Bertz CT molecular complexity index is 699. The molecule has 0 aliphatic rings. The number of nitro groups is 1. The van der Waals surface area contributed by atoms with E-state index in [0.717, 1.165) is 24.1 Å². The van der Waals surface area contributed by atoms with Gasteiger partial charge >= 0.3 is 0 Å². The van der Waals surface area contributed by atoms with Gasteiger partial charge in [-0.3, -0.25) is 14.9 Å². The van der Waals surface area contributed by atoms with Gasteiger partial charge < -0.3 is 15.8 Å². The van der Waals surface area contributed by atoms with Crippen molar-refractivity contribution >= 4 is 17.3 Å². The Kier molecular flexibility index (Phi) is 6.91. The van der Waals surface area contributed by atoms with Crippen molar-refractivity contribution in [2.75, 3.05) is 11.9 Å². The summed E-state index contributed by atoms with van der Waals surface area (Å²) >= 11 is 0. The molecule has 0 saturated heterocycles. The Morgan fingerprint density at radius 1 is 1.08 bits per heavy atom. The molecule has 0 fully saturated rings. The first-order valence-electron chi connectivity index (χ1n) is 8.04. The second-order valence-electron chi connectivity index (χ2n) is 5.53. The van der Waals surface area contributed by atoms with E-state index in [-0.39, 0.29) is 11.6 Å². The summed E-state index contributed by atoms with van der Waals surface area (Å²) < 4.78 is 5.59. The van der Waals surface area contributed by atoms with E-state index in [4.69, 9.17) is 10.5 Å². The van der Waals surface area contributed by atoms with E-state index in [1.807, 2.05) is 24.3 Å². The zero-order valence-electron chi connectivity index (χ0n) is 13.8. The third-order valence-corrected chi connectivity index (χ3v) is 3.55. The van der Waals surface area contributed by atoms with E-state index in [0.29, 0.717) is 25.3 Å². The van der Waals surface area contributed by atoms with Crippen molar-refractivity contribution in [2.24, 2.45) is 5.73 Å². The molecule has 132 valence electrons. The topological polar surface area (TPSA) is 107 Å². The van der Waals surface area contributed by atoms with Crippen LogP contribution in [0, 0.1) is 10.1 Å². The fraction of sp³-hybridized carbons (Fsp3) is 0.278. The van der Waals surface area contributed by atoms with Crippen LogP contribution in [0.25, 0.3) is 0 Å². The van der Waals surface area contributed by atoms with Gasteiger partial charge in [0.1, 0.15) is 12.4 Å². The number of nitrogens with one attached hydrogen (secondary N) is 1. The highest BCUT2D eigenvalue weighted by atomic mass is 16.6.